The van der Waals surface area contributed by atoms with Gasteiger partial charge in [-0.05, 0) is 37.3 Å². The highest BCUT2D eigenvalue weighted by Gasteiger charge is 2.18. The number of aryl methyl sites for hydroxylation is 1. The molecule has 0 unspecified atom stereocenters. The zero-order chi connectivity index (χ0) is 14.8. The van der Waals surface area contributed by atoms with Crippen LogP contribution in [0.25, 0.3) is 0 Å². The van der Waals surface area contributed by atoms with Gasteiger partial charge in [0.2, 0.25) is 0 Å². The van der Waals surface area contributed by atoms with E-state index in [0.717, 1.165) is 5.56 Å². The van der Waals surface area contributed by atoms with Crippen LogP contribution in [0.4, 0.5) is 0 Å². The van der Waals surface area contributed by atoms with Gasteiger partial charge in [0.1, 0.15) is 19.0 Å². The summed E-state index contributed by atoms with van der Waals surface area (Å²) in [7, 11) is 1.56. The van der Waals surface area contributed by atoms with Crippen LogP contribution in [0.2, 0.25) is 0 Å². The zero-order valence-corrected chi connectivity index (χ0v) is 12.0. The van der Waals surface area contributed by atoms with Crippen molar-refractivity contribution in [2.75, 3.05) is 20.3 Å². The highest BCUT2D eigenvalue weighted by atomic mass is 16.6. The van der Waals surface area contributed by atoms with Crippen LogP contribution in [0.3, 0.4) is 0 Å². The van der Waals surface area contributed by atoms with Crippen molar-refractivity contribution in [3.63, 3.8) is 0 Å². The van der Waals surface area contributed by atoms with Crippen LogP contribution in [-0.2, 0) is 0 Å². The van der Waals surface area contributed by atoms with E-state index in [1.165, 1.54) is 0 Å². The molecule has 3 rings (SSSR count). The quantitative estimate of drug-likeness (QED) is 0.813. The van der Waals surface area contributed by atoms with Crippen LogP contribution in [-0.4, -0.2) is 26.1 Å². The van der Waals surface area contributed by atoms with Gasteiger partial charge in [0.15, 0.2) is 17.3 Å². The topological polar surface area (TPSA) is 44.8 Å². The van der Waals surface area contributed by atoms with Crippen molar-refractivity contribution in [2.24, 2.45) is 0 Å². The lowest BCUT2D eigenvalue weighted by molar-refractivity contribution is 0.103. The Morgan fingerprint density at radius 2 is 1.81 bits per heavy atom. The molecule has 1 aliphatic rings. The van der Waals surface area contributed by atoms with Gasteiger partial charge in [-0.25, -0.2) is 0 Å². The lowest BCUT2D eigenvalue weighted by atomic mass is 10.00. The lowest BCUT2D eigenvalue weighted by Crippen LogP contribution is -2.16. The fraction of sp³-hybridized carbons (Fsp3) is 0.235. The number of rotatable bonds is 3. The smallest absolute Gasteiger partial charge is 0.196 e. The molecule has 1 aliphatic heterocycles. The predicted molar refractivity (Wildman–Crippen MR) is 78.6 cm³/mol. The van der Waals surface area contributed by atoms with Gasteiger partial charge in [0.05, 0.1) is 12.7 Å². The van der Waals surface area contributed by atoms with Crippen LogP contribution in [0.15, 0.2) is 36.4 Å². The monoisotopic (exact) mass is 284 g/mol. The molecule has 0 aromatic heterocycles. The Balaban J connectivity index is 2.00. The summed E-state index contributed by atoms with van der Waals surface area (Å²) in [5.74, 6) is 1.76. The molecule has 0 bridgehead atoms. The molecule has 4 nitrogen and oxygen atoms in total. The summed E-state index contributed by atoms with van der Waals surface area (Å²) in [6.07, 6.45) is 0. The number of methoxy groups -OCH3 is 1. The standard InChI is InChI=1S/C17H16O4/c1-11-3-5-14(19-2)13(9-11)17(18)12-4-6-15-16(10-12)21-8-7-20-15/h3-6,9-10H,7-8H2,1-2H3. The molecule has 2 aromatic rings. The SMILES string of the molecule is COc1ccc(C)cc1C(=O)c1ccc2c(c1)OCCO2. The molecule has 0 radical (unpaired) electrons. The van der Waals surface area contributed by atoms with Crippen LogP contribution in [0, 0.1) is 6.92 Å². The Bertz CT molecular complexity index is 691. The molecular formula is C17H16O4. The number of hydrogen-bond acceptors (Lipinski definition) is 4. The van der Waals surface area contributed by atoms with Crippen LogP contribution in [0.1, 0.15) is 21.5 Å². The third-order valence-electron chi connectivity index (χ3n) is 3.40. The average molecular weight is 284 g/mol. The van der Waals surface area contributed by atoms with E-state index in [0.29, 0.717) is 41.6 Å². The van der Waals surface area contributed by atoms with Gasteiger partial charge >= 0.3 is 0 Å². The maximum Gasteiger partial charge on any atom is 0.196 e. The molecule has 0 N–H and O–H groups in total. The molecule has 21 heavy (non-hydrogen) atoms. The Labute approximate surface area is 123 Å². The second kappa shape index (κ2) is 5.48. The number of hydrogen-bond donors (Lipinski definition) is 0. The Morgan fingerprint density at radius 1 is 1.05 bits per heavy atom. The third-order valence-corrected chi connectivity index (χ3v) is 3.40. The molecule has 108 valence electrons. The summed E-state index contributed by atoms with van der Waals surface area (Å²) in [6, 6.07) is 10.8. The van der Waals surface area contributed by atoms with E-state index in [2.05, 4.69) is 0 Å². The third kappa shape index (κ3) is 2.57. The summed E-state index contributed by atoms with van der Waals surface area (Å²) in [6.45, 7) is 2.98. The van der Waals surface area contributed by atoms with Crippen molar-refractivity contribution in [1.82, 2.24) is 0 Å². The largest absolute Gasteiger partial charge is 0.496 e. The van der Waals surface area contributed by atoms with Gasteiger partial charge in [-0.15, -0.1) is 0 Å². The van der Waals surface area contributed by atoms with Gasteiger partial charge in [0.25, 0.3) is 0 Å². The van der Waals surface area contributed by atoms with E-state index in [1.807, 2.05) is 19.1 Å². The Kier molecular flexibility index (Phi) is 3.52. The van der Waals surface area contributed by atoms with Crippen molar-refractivity contribution in [3.05, 3.63) is 53.1 Å². The fourth-order valence-electron chi connectivity index (χ4n) is 2.34. The van der Waals surface area contributed by atoms with Gasteiger partial charge < -0.3 is 14.2 Å². The Morgan fingerprint density at radius 3 is 2.57 bits per heavy atom. The Hall–Kier alpha value is -2.49. The predicted octanol–water partition coefficient (Wildman–Crippen LogP) is 3.01. The van der Waals surface area contributed by atoms with Crippen LogP contribution < -0.4 is 14.2 Å². The van der Waals surface area contributed by atoms with Crippen LogP contribution in [0.5, 0.6) is 17.2 Å². The molecule has 0 aliphatic carbocycles. The molecule has 0 atom stereocenters. The van der Waals surface area contributed by atoms with Crippen molar-refractivity contribution in [1.29, 1.82) is 0 Å². The molecule has 0 fully saturated rings. The minimum Gasteiger partial charge on any atom is -0.496 e. The second-order valence-corrected chi connectivity index (χ2v) is 4.89. The number of benzene rings is 2. The van der Waals surface area contributed by atoms with Gasteiger partial charge in [-0.2, -0.15) is 0 Å². The first-order chi connectivity index (χ1) is 10.2. The number of carbonyl (C=O) groups excluding carboxylic acids is 1. The average Bonchev–Trinajstić information content (AvgIpc) is 2.53. The highest BCUT2D eigenvalue weighted by molar-refractivity contribution is 6.11. The van der Waals surface area contributed by atoms with Crippen molar-refractivity contribution in [2.45, 2.75) is 6.92 Å². The lowest BCUT2D eigenvalue weighted by Gasteiger charge is -2.18. The molecular weight excluding hydrogens is 268 g/mol. The number of ketones is 1. The minimum absolute atomic E-state index is 0.0903. The summed E-state index contributed by atoms with van der Waals surface area (Å²) in [5.41, 5.74) is 2.12. The maximum absolute atomic E-state index is 12.7. The first kappa shape index (κ1) is 13.5. The molecule has 1 heterocycles. The van der Waals surface area contributed by atoms with Gasteiger partial charge in [0, 0.05) is 5.56 Å². The molecule has 2 aromatic carbocycles. The fourth-order valence-corrected chi connectivity index (χ4v) is 2.34. The first-order valence-electron chi connectivity index (χ1n) is 6.78. The normalized spacial score (nSPS) is 12.9. The van der Waals surface area contributed by atoms with E-state index in [1.54, 1.807) is 31.4 Å². The van der Waals surface area contributed by atoms with Gasteiger partial charge in [-0.3, -0.25) is 4.79 Å². The second-order valence-electron chi connectivity index (χ2n) is 4.89. The van der Waals surface area contributed by atoms with Crippen molar-refractivity contribution >= 4 is 5.78 Å². The van der Waals surface area contributed by atoms with Gasteiger partial charge in [-0.1, -0.05) is 11.6 Å². The number of ether oxygens (including phenoxy) is 3. The summed E-state index contributed by atoms with van der Waals surface area (Å²) in [5, 5.41) is 0. The number of fused-ring (bicyclic) bond motifs is 1. The van der Waals surface area contributed by atoms with E-state index >= 15 is 0 Å². The molecule has 0 amide bonds. The zero-order valence-electron chi connectivity index (χ0n) is 12.0. The summed E-state index contributed by atoms with van der Waals surface area (Å²) in [4.78, 5) is 12.7. The molecule has 0 spiro atoms. The minimum atomic E-state index is -0.0903. The van der Waals surface area contributed by atoms with Crippen LogP contribution >= 0.6 is 0 Å². The van der Waals surface area contributed by atoms with E-state index in [9.17, 15) is 4.79 Å². The van der Waals surface area contributed by atoms with Crippen molar-refractivity contribution < 1.29 is 19.0 Å². The van der Waals surface area contributed by atoms with E-state index < -0.39 is 0 Å². The summed E-state index contributed by atoms with van der Waals surface area (Å²) >= 11 is 0. The first-order valence-corrected chi connectivity index (χ1v) is 6.78. The molecule has 0 saturated carbocycles. The molecule has 0 saturated heterocycles. The summed E-state index contributed by atoms with van der Waals surface area (Å²) < 4.78 is 16.3. The highest BCUT2D eigenvalue weighted by Crippen LogP contribution is 2.32. The molecule has 4 heteroatoms. The van der Waals surface area contributed by atoms with E-state index in [4.69, 9.17) is 14.2 Å². The van der Waals surface area contributed by atoms with Crippen molar-refractivity contribution in [3.8, 4) is 17.2 Å². The number of carbonyl (C=O) groups is 1. The van der Waals surface area contributed by atoms with E-state index in [-0.39, 0.29) is 5.78 Å². The maximum atomic E-state index is 12.7.